The third-order valence-corrected chi connectivity index (χ3v) is 3.97. The van der Waals surface area contributed by atoms with Gasteiger partial charge in [-0.25, -0.2) is 4.98 Å². The number of nitrogens with zero attached hydrogens (tertiary/aromatic N) is 3. The van der Waals surface area contributed by atoms with Crippen molar-refractivity contribution < 1.29 is 4.74 Å². The summed E-state index contributed by atoms with van der Waals surface area (Å²) in [7, 11) is 0. The molecule has 1 aromatic rings. The normalized spacial score (nSPS) is 35.6. The van der Waals surface area contributed by atoms with E-state index in [0.717, 1.165) is 38.1 Å². The van der Waals surface area contributed by atoms with E-state index in [-0.39, 0.29) is 11.6 Å². The molecule has 2 aliphatic heterocycles. The maximum Gasteiger partial charge on any atom is 0.138 e. The van der Waals surface area contributed by atoms with E-state index >= 15 is 0 Å². The lowest BCUT2D eigenvalue weighted by molar-refractivity contribution is 0.0850. The zero-order chi connectivity index (χ0) is 11.9. The summed E-state index contributed by atoms with van der Waals surface area (Å²) in [5, 5.41) is 4.25. The van der Waals surface area contributed by atoms with Crippen LogP contribution in [0.2, 0.25) is 0 Å². The molecule has 5 nitrogen and oxygen atoms in total. The maximum absolute atomic E-state index is 6.49. The molecule has 3 atom stereocenters. The van der Waals surface area contributed by atoms with Gasteiger partial charge in [0, 0.05) is 13.0 Å². The van der Waals surface area contributed by atoms with Crippen molar-refractivity contribution in [1.82, 2.24) is 14.8 Å². The van der Waals surface area contributed by atoms with Crippen LogP contribution in [0.15, 0.2) is 6.33 Å². The van der Waals surface area contributed by atoms with Gasteiger partial charge in [0.15, 0.2) is 0 Å². The van der Waals surface area contributed by atoms with Crippen LogP contribution in [0.5, 0.6) is 0 Å². The third-order valence-electron chi connectivity index (χ3n) is 3.97. The highest BCUT2D eigenvalue weighted by Crippen LogP contribution is 2.41. The van der Waals surface area contributed by atoms with Crippen LogP contribution >= 0.6 is 0 Å². The monoisotopic (exact) mass is 236 g/mol. The van der Waals surface area contributed by atoms with E-state index in [0.29, 0.717) is 6.10 Å². The second kappa shape index (κ2) is 4.07. The minimum absolute atomic E-state index is 0.221. The Morgan fingerprint density at radius 1 is 1.59 bits per heavy atom. The van der Waals surface area contributed by atoms with Crippen molar-refractivity contribution in [3.05, 3.63) is 12.2 Å². The number of rotatable bonds is 4. The summed E-state index contributed by atoms with van der Waals surface area (Å²) in [4.78, 5) is 4.34. The molecule has 0 radical (unpaired) electrons. The molecule has 17 heavy (non-hydrogen) atoms. The Kier molecular flexibility index (Phi) is 2.67. The summed E-state index contributed by atoms with van der Waals surface area (Å²) in [6.07, 6.45) is 7.32. The zero-order valence-electron chi connectivity index (χ0n) is 10.3. The molecule has 1 aromatic heterocycles. The third kappa shape index (κ3) is 1.87. The Hall–Kier alpha value is -0.940. The Morgan fingerprint density at radius 3 is 3.12 bits per heavy atom. The Balaban J connectivity index is 1.76. The number of hydrogen-bond donors (Lipinski definition) is 1. The lowest BCUT2D eigenvalue weighted by atomic mass is 9.80. The first-order valence-electron chi connectivity index (χ1n) is 6.52. The largest absolute Gasteiger partial charge is 0.373 e. The van der Waals surface area contributed by atoms with E-state index in [2.05, 4.69) is 17.0 Å². The number of fused-ring (bicyclic) bond motifs is 2. The van der Waals surface area contributed by atoms with Gasteiger partial charge in [0.25, 0.3) is 0 Å². The van der Waals surface area contributed by atoms with E-state index in [1.165, 1.54) is 6.42 Å². The van der Waals surface area contributed by atoms with Crippen molar-refractivity contribution in [2.24, 2.45) is 5.73 Å². The average molecular weight is 236 g/mol. The highest BCUT2D eigenvalue weighted by Gasteiger charge is 2.50. The van der Waals surface area contributed by atoms with Gasteiger partial charge < -0.3 is 10.5 Å². The Labute approximate surface area is 101 Å². The van der Waals surface area contributed by atoms with E-state index < -0.39 is 0 Å². The van der Waals surface area contributed by atoms with E-state index in [4.69, 9.17) is 10.5 Å². The lowest BCUT2D eigenvalue weighted by Crippen LogP contribution is -2.51. The van der Waals surface area contributed by atoms with Crippen LogP contribution in [0.25, 0.3) is 0 Å². The molecule has 2 fully saturated rings. The first kappa shape index (κ1) is 11.2. The van der Waals surface area contributed by atoms with E-state index in [1.807, 2.05) is 4.68 Å². The number of aryl methyl sites for hydroxylation is 1. The number of aromatic nitrogens is 3. The minimum Gasteiger partial charge on any atom is -0.373 e. The van der Waals surface area contributed by atoms with Crippen LogP contribution in [0.4, 0.5) is 0 Å². The standard InChI is InChI=1S/C12H20N4O/c1-2-5-16-11(14-8-15-16)7-12(13)6-9-3-4-10(12)17-9/h8-10H,2-7,13H2,1H3. The van der Waals surface area contributed by atoms with Gasteiger partial charge in [-0.15, -0.1) is 0 Å². The predicted molar refractivity (Wildman–Crippen MR) is 63.4 cm³/mol. The van der Waals surface area contributed by atoms with Crippen molar-refractivity contribution in [3.63, 3.8) is 0 Å². The highest BCUT2D eigenvalue weighted by molar-refractivity contribution is 5.09. The molecule has 2 aliphatic rings. The van der Waals surface area contributed by atoms with Crippen molar-refractivity contribution in [1.29, 1.82) is 0 Å². The molecule has 0 spiro atoms. The second-order valence-corrected chi connectivity index (χ2v) is 5.34. The van der Waals surface area contributed by atoms with Gasteiger partial charge in [-0.2, -0.15) is 5.10 Å². The molecule has 94 valence electrons. The van der Waals surface area contributed by atoms with Gasteiger partial charge in [-0.05, 0) is 25.7 Å². The fourth-order valence-corrected chi connectivity index (χ4v) is 3.14. The molecular formula is C12H20N4O. The summed E-state index contributed by atoms with van der Waals surface area (Å²) in [5.41, 5.74) is 6.27. The topological polar surface area (TPSA) is 66.0 Å². The number of ether oxygens (including phenoxy) is 1. The molecule has 2 bridgehead atoms. The number of hydrogen-bond acceptors (Lipinski definition) is 4. The summed E-state index contributed by atoms with van der Waals surface area (Å²) < 4.78 is 7.83. The Bertz CT molecular complexity index is 405. The summed E-state index contributed by atoms with van der Waals surface area (Å²) in [6, 6.07) is 0. The van der Waals surface area contributed by atoms with Crippen LogP contribution in [0.1, 0.15) is 38.4 Å². The van der Waals surface area contributed by atoms with E-state index in [9.17, 15) is 0 Å². The van der Waals surface area contributed by atoms with E-state index in [1.54, 1.807) is 6.33 Å². The SMILES string of the molecule is CCCn1ncnc1CC1(N)CC2CCC1O2. The molecule has 2 N–H and O–H groups in total. The van der Waals surface area contributed by atoms with Crippen LogP contribution < -0.4 is 5.73 Å². The van der Waals surface area contributed by atoms with Gasteiger partial charge in [-0.3, -0.25) is 4.68 Å². The number of nitrogens with two attached hydrogens (primary N) is 1. The van der Waals surface area contributed by atoms with Gasteiger partial charge in [-0.1, -0.05) is 6.92 Å². The molecule has 3 unspecified atom stereocenters. The first-order chi connectivity index (χ1) is 8.21. The second-order valence-electron chi connectivity index (χ2n) is 5.34. The lowest BCUT2D eigenvalue weighted by Gasteiger charge is -2.30. The molecule has 0 amide bonds. The molecule has 3 heterocycles. The van der Waals surface area contributed by atoms with Crippen LogP contribution in [-0.4, -0.2) is 32.5 Å². The van der Waals surface area contributed by atoms with Crippen molar-refractivity contribution >= 4 is 0 Å². The molecule has 0 saturated carbocycles. The van der Waals surface area contributed by atoms with Crippen LogP contribution in [0, 0.1) is 0 Å². The highest BCUT2D eigenvalue weighted by atomic mass is 16.5. The summed E-state index contributed by atoms with van der Waals surface area (Å²) >= 11 is 0. The van der Waals surface area contributed by atoms with Crippen molar-refractivity contribution in [2.75, 3.05) is 0 Å². The summed E-state index contributed by atoms with van der Waals surface area (Å²) in [6.45, 7) is 3.06. The average Bonchev–Trinajstić information content (AvgIpc) is 2.95. The minimum atomic E-state index is -0.221. The fourth-order valence-electron chi connectivity index (χ4n) is 3.14. The quantitative estimate of drug-likeness (QED) is 0.842. The summed E-state index contributed by atoms with van der Waals surface area (Å²) in [5.74, 6) is 1.01. The first-order valence-corrected chi connectivity index (χ1v) is 6.52. The van der Waals surface area contributed by atoms with Gasteiger partial charge in [0.2, 0.25) is 0 Å². The molecular weight excluding hydrogens is 216 g/mol. The Morgan fingerprint density at radius 2 is 2.47 bits per heavy atom. The van der Waals surface area contributed by atoms with Crippen LogP contribution in [-0.2, 0) is 17.7 Å². The van der Waals surface area contributed by atoms with Gasteiger partial charge >= 0.3 is 0 Å². The van der Waals surface area contributed by atoms with Crippen LogP contribution in [0.3, 0.4) is 0 Å². The molecule has 5 heteroatoms. The fraction of sp³-hybridized carbons (Fsp3) is 0.833. The van der Waals surface area contributed by atoms with Gasteiger partial charge in [0.1, 0.15) is 12.2 Å². The molecule has 3 rings (SSSR count). The maximum atomic E-state index is 6.49. The predicted octanol–water partition coefficient (Wildman–Crippen LogP) is 0.879. The van der Waals surface area contributed by atoms with Gasteiger partial charge in [0.05, 0.1) is 17.7 Å². The molecule has 0 aliphatic carbocycles. The molecule has 2 saturated heterocycles. The van der Waals surface area contributed by atoms with Crippen molar-refractivity contribution in [3.8, 4) is 0 Å². The molecule has 0 aromatic carbocycles. The zero-order valence-corrected chi connectivity index (χ0v) is 10.3. The van der Waals surface area contributed by atoms with Crippen molar-refractivity contribution in [2.45, 2.75) is 63.3 Å². The smallest absolute Gasteiger partial charge is 0.138 e.